The summed E-state index contributed by atoms with van der Waals surface area (Å²) in [6.45, 7) is 0. The molecule has 2 heterocycles. The number of benzene rings is 2. The van der Waals surface area contributed by atoms with Gasteiger partial charge in [0.05, 0.1) is 14.2 Å². The highest BCUT2D eigenvalue weighted by Gasteiger charge is 2.25. The van der Waals surface area contributed by atoms with Crippen molar-refractivity contribution in [1.29, 1.82) is 10.5 Å². The van der Waals surface area contributed by atoms with Crippen LogP contribution in [0.4, 0.5) is 11.6 Å². The molecule has 0 atom stereocenters. The van der Waals surface area contributed by atoms with Crippen LogP contribution in [0.2, 0.25) is 0 Å². The number of fused-ring (bicyclic) bond motifs is 2. The number of nitriles is 2. The molecule has 0 saturated carbocycles. The molecule has 0 bridgehead atoms. The zero-order valence-electron chi connectivity index (χ0n) is 25.3. The van der Waals surface area contributed by atoms with Crippen LogP contribution in [0.5, 0.6) is 11.5 Å². The van der Waals surface area contributed by atoms with Gasteiger partial charge < -0.3 is 14.8 Å². The van der Waals surface area contributed by atoms with Crippen molar-refractivity contribution in [2.45, 2.75) is 51.4 Å². The molecule has 0 fully saturated rings. The number of aromatic nitrogens is 2. The molecule has 0 saturated heterocycles. The Balaban J connectivity index is 1.31. The molecular weight excluding hydrogens is 582 g/mol. The minimum Gasteiger partial charge on any atom is -0.497 e. The smallest absolute Gasteiger partial charge is 0.190 e. The molecule has 0 amide bonds. The van der Waals surface area contributed by atoms with Crippen LogP contribution in [0.3, 0.4) is 0 Å². The molecule has 0 radical (unpaired) electrons. The van der Waals surface area contributed by atoms with Gasteiger partial charge >= 0.3 is 0 Å². The van der Waals surface area contributed by atoms with Crippen LogP contribution >= 0.6 is 12.2 Å². The third-order valence-electron chi connectivity index (χ3n) is 8.46. The Morgan fingerprint density at radius 3 is 1.60 bits per heavy atom. The van der Waals surface area contributed by atoms with Crippen LogP contribution in [-0.4, -0.2) is 29.3 Å². The van der Waals surface area contributed by atoms with E-state index in [0.717, 1.165) is 108 Å². The van der Waals surface area contributed by atoms with E-state index in [4.69, 9.17) is 31.7 Å². The number of hydrogen-bond donors (Lipinski definition) is 3. The second-order valence-electron chi connectivity index (χ2n) is 11.1. The number of nitrogens with one attached hydrogen (secondary N) is 3. The summed E-state index contributed by atoms with van der Waals surface area (Å²) in [7, 11) is 3.26. The lowest BCUT2D eigenvalue weighted by molar-refractivity contribution is 0.415. The number of methoxy groups -OCH3 is 2. The number of hydrogen-bond acceptors (Lipinski definition) is 8. The molecule has 10 heteroatoms. The molecular formula is C35H33N7O2S. The number of rotatable bonds is 7. The number of nitrogens with zero attached hydrogens (tertiary/aromatic N) is 4. The van der Waals surface area contributed by atoms with Crippen molar-refractivity contribution in [3.05, 3.63) is 82.2 Å². The van der Waals surface area contributed by atoms with Crippen LogP contribution in [-0.2, 0) is 25.7 Å². The molecule has 4 aromatic rings. The Morgan fingerprint density at radius 1 is 0.689 bits per heavy atom. The minimum atomic E-state index is 0.199. The third-order valence-corrected chi connectivity index (χ3v) is 8.66. The van der Waals surface area contributed by atoms with E-state index in [-0.39, 0.29) is 5.11 Å². The van der Waals surface area contributed by atoms with E-state index in [1.54, 1.807) is 14.2 Å². The molecule has 2 aromatic heterocycles. The highest BCUT2D eigenvalue weighted by atomic mass is 32.1. The lowest BCUT2D eigenvalue weighted by Crippen LogP contribution is -2.35. The zero-order chi connectivity index (χ0) is 31.3. The number of aryl methyl sites for hydroxylation is 2. The number of hydrazine groups is 1. The normalized spacial score (nSPS) is 13.3. The summed E-state index contributed by atoms with van der Waals surface area (Å²) >= 11 is 5.67. The average molecular weight is 616 g/mol. The molecule has 0 spiro atoms. The zero-order valence-corrected chi connectivity index (χ0v) is 26.1. The van der Waals surface area contributed by atoms with Crippen LogP contribution in [0.1, 0.15) is 59.3 Å². The topological polar surface area (TPSA) is 128 Å². The maximum Gasteiger partial charge on any atom is 0.190 e. The van der Waals surface area contributed by atoms with E-state index >= 15 is 0 Å². The lowest BCUT2D eigenvalue weighted by Gasteiger charge is -2.24. The van der Waals surface area contributed by atoms with Gasteiger partial charge in [0, 0.05) is 22.5 Å². The largest absolute Gasteiger partial charge is 0.497 e. The van der Waals surface area contributed by atoms with Gasteiger partial charge in [-0.3, -0.25) is 10.9 Å². The molecule has 45 heavy (non-hydrogen) atoms. The van der Waals surface area contributed by atoms with Gasteiger partial charge in [0.2, 0.25) is 0 Å². The molecule has 3 N–H and O–H groups in total. The third kappa shape index (κ3) is 5.98. The summed E-state index contributed by atoms with van der Waals surface area (Å²) < 4.78 is 10.7. The predicted molar refractivity (Wildman–Crippen MR) is 178 cm³/mol. The van der Waals surface area contributed by atoms with Crippen molar-refractivity contribution in [2.24, 2.45) is 0 Å². The first-order valence-corrected chi connectivity index (χ1v) is 15.5. The SMILES string of the molecule is COc1ccc(-c2c(C#N)c(NNC(=S)Nc3nc4c(c(-c5ccc(OC)cc5)c3C#N)CCCC4)nc3c2CCCC3)cc1. The fourth-order valence-electron chi connectivity index (χ4n) is 6.29. The molecule has 6 rings (SSSR count). The Morgan fingerprint density at radius 2 is 1.13 bits per heavy atom. The number of ether oxygens (including phenoxy) is 2. The van der Waals surface area contributed by atoms with Gasteiger partial charge in [-0.2, -0.15) is 10.5 Å². The summed E-state index contributed by atoms with van der Waals surface area (Å²) in [5.74, 6) is 2.28. The van der Waals surface area contributed by atoms with Gasteiger partial charge in [0.25, 0.3) is 0 Å². The Kier molecular flexibility index (Phi) is 8.77. The minimum absolute atomic E-state index is 0.199. The second kappa shape index (κ2) is 13.2. The summed E-state index contributed by atoms with van der Waals surface area (Å²) in [6, 6.07) is 20.2. The van der Waals surface area contributed by atoms with E-state index in [0.29, 0.717) is 22.8 Å². The van der Waals surface area contributed by atoms with E-state index in [1.807, 2.05) is 48.5 Å². The lowest BCUT2D eigenvalue weighted by atomic mass is 9.86. The van der Waals surface area contributed by atoms with Gasteiger partial charge in [-0.1, -0.05) is 24.3 Å². The number of pyridine rings is 2. The average Bonchev–Trinajstić information content (AvgIpc) is 3.09. The van der Waals surface area contributed by atoms with E-state index in [1.165, 1.54) is 0 Å². The van der Waals surface area contributed by atoms with Gasteiger partial charge in [-0.25, -0.2) is 9.97 Å². The summed E-state index contributed by atoms with van der Waals surface area (Å²) in [5, 5.41) is 24.0. The molecule has 2 aliphatic rings. The maximum atomic E-state index is 10.3. The monoisotopic (exact) mass is 615 g/mol. The molecule has 9 nitrogen and oxygen atoms in total. The first-order chi connectivity index (χ1) is 22.0. The van der Waals surface area contributed by atoms with Crippen molar-refractivity contribution in [1.82, 2.24) is 15.4 Å². The Bertz CT molecular complexity index is 1840. The number of thiocarbonyl (C=S) groups is 1. The van der Waals surface area contributed by atoms with Crippen molar-refractivity contribution in [3.63, 3.8) is 0 Å². The standard InChI is InChI=1S/C35H33N7O2S/c1-43-23-15-11-21(12-16-23)31-25-7-3-5-9-29(25)38-33(27(31)19-36)40-35(45)42-41-34-28(20-37)32(22-13-17-24(44-2)18-14-22)26-8-4-6-10-30(26)39-34/h11-18H,3-10H2,1-2H3,(H,39,41)(H2,38,40,42,45). The molecule has 2 aromatic carbocycles. The van der Waals surface area contributed by atoms with Crippen LogP contribution < -0.4 is 25.6 Å². The van der Waals surface area contributed by atoms with E-state index in [9.17, 15) is 10.5 Å². The predicted octanol–water partition coefficient (Wildman–Crippen LogP) is 6.64. The first kappa shape index (κ1) is 29.9. The summed E-state index contributed by atoms with van der Waals surface area (Å²) in [5.41, 5.74) is 14.7. The molecule has 0 unspecified atom stereocenters. The highest BCUT2D eigenvalue weighted by molar-refractivity contribution is 7.80. The van der Waals surface area contributed by atoms with Gasteiger partial charge in [0.1, 0.15) is 34.8 Å². The van der Waals surface area contributed by atoms with E-state index in [2.05, 4.69) is 28.3 Å². The van der Waals surface area contributed by atoms with Gasteiger partial charge in [-0.05, 0) is 110 Å². The van der Waals surface area contributed by atoms with E-state index < -0.39 is 0 Å². The van der Waals surface area contributed by atoms with Gasteiger partial charge in [0.15, 0.2) is 16.7 Å². The van der Waals surface area contributed by atoms with Crippen molar-refractivity contribution in [2.75, 3.05) is 25.0 Å². The molecule has 0 aliphatic heterocycles. The first-order valence-electron chi connectivity index (χ1n) is 15.1. The molecule has 2 aliphatic carbocycles. The summed E-state index contributed by atoms with van der Waals surface area (Å²) in [4.78, 5) is 9.72. The molecule has 226 valence electrons. The summed E-state index contributed by atoms with van der Waals surface area (Å²) in [6.07, 6.45) is 7.57. The maximum absolute atomic E-state index is 10.3. The van der Waals surface area contributed by atoms with Crippen LogP contribution in [0.25, 0.3) is 22.3 Å². The fourth-order valence-corrected chi connectivity index (χ4v) is 6.44. The van der Waals surface area contributed by atoms with Crippen LogP contribution in [0, 0.1) is 22.7 Å². The van der Waals surface area contributed by atoms with Crippen molar-refractivity contribution in [3.8, 4) is 45.9 Å². The fraction of sp³-hybridized carbons (Fsp3) is 0.286. The highest BCUT2D eigenvalue weighted by Crippen LogP contribution is 2.39. The second-order valence-corrected chi connectivity index (χ2v) is 11.5. The van der Waals surface area contributed by atoms with Crippen molar-refractivity contribution < 1.29 is 9.47 Å². The van der Waals surface area contributed by atoms with Crippen molar-refractivity contribution >= 4 is 29.0 Å². The Hall–Kier alpha value is -5.19. The quantitative estimate of drug-likeness (QED) is 0.154. The Labute approximate surface area is 268 Å². The van der Waals surface area contributed by atoms with Crippen LogP contribution in [0.15, 0.2) is 48.5 Å². The van der Waals surface area contributed by atoms with Gasteiger partial charge in [-0.15, -0.1) is 0 Å². The number of anilines is 2.